The Balaban J connectivity index is 1.47. The summed E-state index contributed by atoms with van der Waals surface area (Å²) in [5.41, 5.74) is 0.934. The van der Waals surface area contributed by atoms with Crippen molar-refractivity contribution < 1.29 is 13.6 Å². The van der Waals surface area contributed by atoms with E-state index in [9.17, 15) is 13.6 Å². The monoisotopic (exact) mass is 441 g/mol. The van der Waals surface area contributed by atoms with Crippen molar-refractivity contribution in [1.29, 1.82) is 0 Å². The first kappa shape index (κ1) is 21.5. The summed E-state index contributed by atoms with van der Waals surface area (Å²) in [6.45, 7) is 4.87. The zero-order valence-electron chi connectivity index (χ0n) is 17.3. The van der Waals surface area contributed by atoms with Gasteiger partial charge in [-0.05, 0) is 48.7 Å². The van der Waals surface area contributed by atoms with Gasteiger partial charge in [-0.25, -0.2) is 8.78 Å². The topological polar surface area (TPSA) is 35.6 Å². The molecule has 1 fully saturated rings. The summed E-state index contributed by atoms with van der Waals surface area (Å²) in [5.74, 6) is -0.931. The van der Waals surface area contributed by atoms with E-state index in [1.54, 1.807) is 23.5 Å². The molecule has 1 aliphatic heterocycles. The molecule has 0 radical (unpaired) electrons. The molecule has 31 heavy (non-hydrogen) atoms. The van der Waals surface area contributed by atoms with Crippen LogP contribution in [0, 0.1) is 11.6 Å². The summed E-state index contributed by atoms with van der Waals surface area (Å²) >= 11 is 1.65. The van der Waals surface area contributed by atoms with Crippen LogP contribution in [0.2, 0.25) is 0 Å². The van der Waals surface area contributed by atoms with Crippen LogP contribution in [0.4, 0.5) is 14.5 Å². The number of halogens is 2. The van der Waals surface area contributed by atoms with Gasteiger partial charge in [0.25, 0.3) is 5.91 Å². The minimum absolute atomic E-state index is 0.0136. The lowest BCUT2D eigenvalue weighted by atomic mass is 10.0. The summed E-state index contributed by atoms with van der Waals surface area (Å²) in [4.78, 5) is 18.3. The third kappa shape index (κ3) is 4.94. The summed E-state index contributed by atoms with van der Waals surface area (Å²) in [6.07, 6.45) is 0. The average Bonchev–Trinajstić information content (AvgIpc) is 3.29. The molecule has 7 heteroatoms. The third-order valence-corrected chi connectivity index (χ3v) is 6.60. The van der Waals surface area contributed by atoms with Crippen molar-refractivity contribution in [2.75, 3.05) is 31.1 Å². The fraction of sp³-hybridized carbons (Fsp3) is 0.292. The van der Waals surface area contributed by atoms with Gasteiger partial charge < -0.3 is 10.2 Å². The molecule has 0 saturated carbocycles. The van der Waals surface area contributed by atoms with E-state index in [0.29, 0.717) is 24.3 Å². The number of nitrogens with one attached hydrogen (secondary N) is 1. The van der Waals surface area contributed by atoms with E-state index >= 15 is 0 Å². The molecule has 4 nitrogen and oxygen atoms in total. The summed E-state index contributed by atoms with van der Waals surface area (Å²) in [5, 5.41) is 5.07. The van der Waals surface area contributed by atoms with Gasteiger partial charge in [0.2, 0.25) is 0 Å². The van der Waals surface area contributed by atoms with Crippen molar-refractivity contribution in [3.8, 4) is 0 Å². The Morgan fingerprint density at radius 2 is 1.77 bits per heavy atom. The highest BCUT2D eigenvalue weighted by molar-refractivity contribution is 7.10. The van der Waals surface area contributed by atoms with Crippen molar-refractivity contribution in [1.82, 2.24) is 10.2 Å². The number of hydrogen-bond acceptors (Lipinski definition) is 4. The zero-order valence-corrected chi connectivity index (χ0v) is 18.1. The lowest BCUT2D eigenvalue weighted by molar-refractivity contribution is 0.0890. The second kappa shape index (κ2) is 9.58. The van der Waals surface area contributed by atoms with Crippen molar-refractivity contribution in [3.05, 3.63) is 88.1 Å². The van der Waals surface area contributed by atoms with Crippen molar-refractivity contribution in [2.24, 2.45) is 0 Å². The van der Waals surface area contributed by atoms with Crippen LogP contribution in [-0.4, -0.2) is 43.0 Å². The maximum Gasteiger partial charge on any atom is 0.251 e. The van der Waals surface area contributed by atoms with Crippen molar-refractivity contribution >= 4 is 22.9 Å². The third-order valence-electron chi connectivity index (χ3n) is 5.65. The number of thiophene rings is 1. The van der Waals surface area contributed by atoms with Gasteiger partial charge in [-0.1, -0.05) is 24.3 Å². The van der Waals surface area contributed by atoms with Crippen LogP contribution in [0.3, 0.4) is 0 Å². The van der Waals surface area contributed by atoms with Gasteiger partial charge in [-0.2, -0.15) is 0 Å². The number of anilines is 1. The van der Waals surface area contributed by atoms with Crippen LogP contribution >= 0.6 is 11.3 Å². The van der Waals surface area contributed by atoms with Gasteiger partial charge >= 0.3 is 0 Å². The SMILES string of the molecule is C[C@H](NC(=O)c1cccc(F)c1)[C@H](c1cccs1)N1CCN(c2ccccc2F)CC1. The highest BCUT2D eigenvalue weighted by Crippen LogP contribution is 2.30. The van der Waals surface area contributed by atoms with Gasteiger partial charge in [0, 0.05) is 42.7 Å². The van der Waals surface area contributed by atoms with Gasteiger partial charge in [0.05, 0.1) is 11.7 Å². The minimum Gasteiger partial charge on any atom is -0.367 e. The molecule has 3 aromatic rings. The van der Waals surface area contributed by atoms with E-state index in [1.165, 1.54) is 24.3 Å². The summed E-state index contributed by atoms with van der Waals surface area (Å²) < 4.78 is 27.7. The van der Waals surface area contributed by atoms with Gasteiger partial charge in [-0.15, -0.1) is 11.3 Å². The predicted molar refractivity (Wildman–Crippen MR) is 121 cm³/mol. The number of carbonyl (C=O) groups excluding carboxylic acids is 1. The maximum atomic E-state index is 14.2. The molecule has 162 valence electrons. The van der Waals surface area contributed by atoms with Crippen LogP contribution < -0.4 is 10.2 Å². The molecule has 1 saturated heterocycles. The second-order valence-electron chi connectivity index (χ2n) is 7.71. The Morgan fingerprint density at radius 3 is 2.45 bits per heavy atom. The molecular formula is C24H25F2N3OS. The molecule has 2 aromatic carbocycles. The van der Waals surface area contributed by atoms with E-state index in [0.717, 1.165) is 18.0 Å². The zero-order chi connectivity index (χ0) is 21.8. The van der Waals surface area contributed by atoms with Crippen LogP contribution in [0.25, 0.3) is 0 Å². The fourth-order valence-electron chi connectivity index (χ4n) is 4.15. The van der Waals surface area contributed by atoms with E-state index in [-0.39, 0.29) is 23.8 Å². The Morgan fingerprint density at radius 1 is 1.00 bits per heavy atom. The lowest BCUT2D eigenvalue weighted by Crippen LogP contribution is -2.52. The fourth-order valence-corrected chi connectivity index (χ4v) is 5.11. The van der Waals surface area contributed by atoms with Gasteiger partial charge in [0.1, 0.15) is 11.6 Å². The minimum atomic E-state index is -0.431. The number of hydrogen-bond donors (Lipinski definition) is 1. The van der Waals surface area contributed by atoms with Crippen LogP contribution in [0.15, 0.2) is 66.0 Å². The number of carbonyl (C=O) groups is 1. The molecule has 1 aromatic heterocycles. The Hall–Kier alpha value is -2.77. The highest BCUT2D eigenvalue weighted by Gasteiger charge is 2.31. The second-order valence-corrected chi connectivity index (χ2v) is 8.69. The van der Waals surface area contributed by atoms with Gasteiger partial charge in [-0.3, -0.25) is 9.69 Å². The average molecular weight is 442 g/mol. The van der Waals surface area contributed by atoms with E-state index in [2.05, 4.69) is 21.2 Å². The van der Waals surface area contributed by atoms with Crippen LogP contribution in [0.1, 0.15) is 28.2 Å². The quantitative estimate of drug-likeness (QED) is 0.602. The summed E-state index contributed by atoms with van der Waals surface area (Å²) in [7, 11) is 0. The van der Waals surface area contributed by atoms with E-state index in [1.807, 2.05) is 30.5 Å². The Kier molecular flexibility index (Phi) is 6.63. The molecule has 1 aliphatic rings. The first-order valence-corrected chi connectivity index (χ1v) is 11.2. The van der Waals surface area contributed by atoms with Crippen molar-refractivity contribution in [2.45, 2.75) is 19.0 Å². The molecular weight excluding hydrogens is 416 g/mol. The molecule has 4 rings (SSSR count). The molecule has 2 heterocycles. The first-order valence-electron chi connectivity index (χ1n) is 10.4. The highest BCUT2D eigenvalue weighted by atomic mass is 32.1. The number of piperazine rings is 1. The molecule has 0 unspecified atom stereocenters. The number of rotatable bonds is 6. The predicted octanol–water partition coefficient (Wildman–Crippen LogP) is 4.71. The molecule has 0 bridgehead atoms. The molecule has 1 N–H and O–H groups in total. The lowest BCUT2D eigenvalue weighted by Gasteiger charge is -2.42. The molecule has 0 aliphatic carbocycles. The van der Waals surface area contributed by atoms with E-state index < -0.39 is 5.82 Å². The Bertz CT molecular complexity index is 1020. The molecule has 2 atom stereocenters. The normalized spacial score (nSPS) is 16.7. The van der Waals surface area contributed by atoms with Crippen molar-refractivity contribution in [3.63, 3.8) is 0 Å². The number of para-hydroxylation sites is 1. The maximum absolute atomic E-state index is 14.2. The molecule has 0 spiro atoms. The number of amides is 1. The van der Waals surface area contributed by atoms with Crippen LogP contribution in [0.5, 0.6) is 0 Å². The standard InChI is InChI=1S/C24H25F2N3OS/c1-17(27-24(30)18-6-4-7-19(25)16-18)23(22-10-5-15-31-22)29-13-11-28(12-14-29)21-9-3-2-8-20(21)26/h2-10,15-17,23H,11-14H2,1H3,(H,27,30)/t17-,23+/m0/s1. The number of nitrogens with zero attached hydrogens (tertiary/aromatic N) is 2. The number of benzene rings is 2. The van der Waals surface area contributed by atoms with Crippen LogP contribution in [-0.2, 0) is 0 Å². The van der Waals surface area contributed by atoms with Gasteiger partial charge in [0.15, 0.2) is 0 Å². The largest absolute Gasteiger partial charge is 0.367 e. The van der Waals surface area contributed by atoms with E-state index in [4.69, 9.17) is 0 Å². The smallest absolute Gasteiger partial charge is 0.251 e. The summed E-state index contributed by atoms with van der Waals surface area (Å²) in [6, 6.07) is 16.4. The first-order chi connectivity index (χ1) is 15.0. The Labute approximate surface area is 185 Å². The molecule has 1 amide bonds.